The molecule has 0 unspecified atom stereocenters. The van der Waals surface area contributed by atoms with Crippen molar-refractivity contribution in [2.75, 3.05) is 26.2 Å². The molecule has 1 saturated heterocycles. The van der Waals surface area contributed by atoms with E-state index in [0.717, 1.165) is 32.7 Å². The molecule has 1 aromatic rings. The normalized spacial score (nSPS) is 18.6. The molecule has 0 N–H and O–H groups in total. The summed E-state index contributed by atoms with van der Waals surface area (Å²) in [6.45, 7) is 17.2. The van der Waals surface area contributed by atoms with E-state index in [-0.39, 0.29) is 6.04 Å². The van der Waals surface area contributed by atoms with Gasteiger partial charge in [0.25, 0.3) is 0 Å². The van der Waals surface area contributed by atoms with Gasteiger partial charge < -0.3 is 0 Å². The maximum Gasteiger partial charge on any atom is 0.0596 e. The van der Waals surface area contributed by atoms with Gasteiger partial charge in [0.15, 0.2) is 0 Å². The summed E-state index contributed by atoms with van der Waals surface area (Å²) in [5.74, 6) is 0. The first-order valence-electron chi connectivity index (χ1n) is 10.1. The van der Waals surface area contributed by atoms with E-state index in [4.69, 9.17) is 0 Å². The molecule has 1 aliphatic rings. The smallest absolute Gasteiger partial charge is 0.0596 e. The van der Waals surface area contributed by atoms with Crippen LogP contribution >= 0.6 is 0 Å². The number of rotatable bonds is 9. The Hall–Kier alpha value is -2.42. The van der Waals surface area contributed by atoms with Crippen LogP contribution in [-0.4, -0.2) is 42.0 Å². The number of piperazine rings is 1. The minimum absolute atomic E-state index is 0.251. The molecule has 0 radical (unpaired) electrons. The van der Waals surface area contributed by atoms with Crippen LogP contribution in [0, 0.1) is 0 Å². The Balaban J connectivity index is 2.15. The van der Waals surface area contributed by atoms with E-state index in [1.165, 1.54) is 16.7 Å². The summed E-state index contributed by atoms with van der Waals surface area (Å²) in [5.41, 5.74) is 4.00. The molecule has 1 aliphatic heterocycles. The van der Waals surface area contributed by atoms with Crippen LogP contribution in [0.2, 0.25) is 0 Å². The molecule has 0 aliphatic carbocycles. The molecule has 28 heavy (non-hydrogen) atoms. The van der Waals surface area contributed by atoms with Crippen molar-refractivity contribution in [3.63, 3.8) is 0 Å². The number of benzene rings is 1. The Morgan fingerprint density at radius 2 is 1.43 bits per heavy atom. The summed E-state index contributed by atoms with van der Waals surface area (Å²) in [5, 5.41) is 0. The van der Waals surface area contributed by atoms with Crippen molar-refractivity contribution in [2.45, 2.75) is 26.4 Å². The van der Waals surface area contributed by atoms with Crippen LogP contribution in [0.5, 0.6) is 0 Å². The van der Waals surface area contributed by atoms with Gasteiger partial charge in [0.2, 0.25) is 0 Å². The summed E-state index contributed by atoms with van der Waals surface area (Å²) < 4.78 is 0. The van der Waals surface area contributed by atoms with Crippen molar-refractivity contribution in [3.8, 4) is 0 Å². The van der Waals surface area contributed by atoms with E-state index >= 15 is 0 Å². The highest BCUT2D eigenvalue weighted by molar-refractivity contribution is 5.40. The van der Waals surface area contributed by atoms with Gasteiger partial charge in [-0.25, -0.2) is 0 Å². The Kier molecular flexibility index (Phi) is 9.47. The quantitative estimate of drug-likeness (QED) is 0.523. The number of nitrogens with zero attached hydrogens (tertiary/aromatic N) is 2. The molecule has 148 valence electrons. The Bertz CT molecular complexity index is 695. The van der Waals surface area contributed by atoms with Crippen LogP contribution in [0.4, 0.5) is 0 Å². The van der Waals surface area contributed by atoms with Crippen LogP contribution < -0.4 is 0 Å². The fraction of sp³-hybridized carbons (Fsp3) is 0.308. The lowest BCUT2D eigenvalue weighted by Gasteiger charge is -2.40. The van der Waals surface area contributed by atoms with Crippen molar-refractivity contribution in [3.05, 3.63) is 109 Å². The molecule has 0 atom stereocenters. The summed E-state index contributed by atoms with van der Waals surface area (Å²) in [6, 6.07) is 11.0. The summed E-state index contributed by atoms with van der Waals surface area (Å²) in [7, 11) is 0. The van der Waals surface area contributed by atoms with Crippen LogP contribution in [-0.2, 0) is 6.54 Å². The van der Waals surface area contributed by atoms with Crippen molar-refractivity contribution in [1.82, 2.24) is 9.80 Å². The van der Waals surface area contributed by atoms with Gasteiger partial charge in [0.05, 0.1) is 6.04 Å². The number of allylic oxidation sites excluding steroid dienone is 6. The highest BCUT2D eigenvalue weighted by Gasteiger charge is 2.27. The van der Waals surface area contributed by atoms with Gasteiger partial charge in [-0.1, -0.05) is 92.1 Å². The van der Waals surface area contributed by atoms with E-state index in [1.54, 1.807) is 0 Å². The molecule has 1 aromatic carbocycles. The van der Waals surface area contributed by atoms with Crippen LogP contribution in [0.25, 0.3) is 0 Å². The lowest BCUT2D eigenvalue weighted by Crippen LogP contribution is -2.50. The lowest BCUT2D eigenvalue weighted by molar-refractivity contribution is 0.115. The second-order valence-electron chi connectivity index (χ2n) is 6.97. The average molecular weight is 375 g/mol. The number of hydrogen-bond donors (Lipinski definition) is 0. The molecule has 0 bridgehead atoms. The zero-order valence-corrected chi connectivity index (χ0v) is 17.4. The van der Waals surface area contributed by atoms with Gasteiger partial charge in [-0.05, 0) is 30.6 Å². The third-order valence-corrected chi connectivity index (χ3v) is 5.17. The molecule has 0 spiro atoms. The summed E-state index contributed by atoms with van der Waals surface area (Å²) >= 11 is 0. The highest BCUT2D eigenvalue weighted by atomic mass is 15.3. The Labute approximate surface area is 171 Å². The van der Waals surface area contributed by atoms with Gasteiger partial charge in [-0.3, -0.25) is 9.80 Å². The molecule has 0 amide bonds. The molecule has 2 rings (SSSR count). The molecule has 0 saturated carbocycles. The zero-order chi connectivity index (χ0) is 20.2. The van der Waals surface area contributed by atoms with Gasteiger partial charge in [0, 0.05) is 32.7 Å². The molecular formula is C26H34N2. The third kappa shape index (κ3) is 6.33. The first kappa shape index (κ1) is 21.9. The summed E-state index contributed by atoms with van der Waals surface area (Å²) in [4.78, 5) is 5.14. The van der Waals surface area contributed by atoms with E-state index in [1.807, 2.05) is 24.3 Å². The van der Waals surface area contributed by atoms with Crippen molar-refractivity contribution in [1.29, 1.82) is 0 Å². The Morgan fingerprint density at radius 1 is 0.893 bits per heavy atom. The van der Waals surface area contributed by atoms with Crippen molar-refractivity contribution >= 4 is 0 Å². The standard InChI is InChI=1S/C26H34N2/c1-5-9-16-24(7-3)26(25(8-4)17-10-6-2)28-20-18-27(19-21-28)22-23-14-12-11-13-15-23/h5-17,26H,1-2,18-22H2,3-4H3/b16-9-,17-10-,24-7+,25-8+. The average Bonchev–Trinajstić information content (AvgIpc) is 2.74. The van der Waals surface area contributed by atoms with E-state index in [2.05, 4.69) is 91.4 Å². The van der Waals surface area contributed by atoms with Crippen LogP contribution in [0.3, 0.4) is 0 Å². The van der Waals surface area contributed by atoms with Crippen LogP contribution in [0.15, 0.2) is 103 Å². The predicted octanol–water partition coefficient (Wildman–Crippen LogP) is 5.55. The van der Waals surface area contributed by atoms with E-state index < -0.39 is 0 Å². The molecule has 1 heterocycles. The van der Waals surface area contributed by atoms with Gasteiger partial charge in [0.1, 0.15) is 0 Å². The predicted molar refractivity (Wildman–Crippen MR) is 123 cm³/mol. The fourth-order valence-corrected chi connectivity index (χ4v) is 3.68. The highest BCUT2D eigenvalue weighted by Crippen LogP contribution is 2.24. The molecule has 2 heteroatoms. The van der Waals surface area contributed by atoms with Crippen molar-refractivity contribution < 1.29 is 0 Å². The Morgan fingerprint density at radius 3 is 1.89 bits per heavy atom. The lowest BCUT2D eigenvalue weighted by atomic mass is 9.94. The fourth-order valence-electron chi connectivity index (χ4n) is 3.68. The molecule has 0 aromatic heterocycles. The maximum absolute atomic E-state index is 3.83. The molecule has 2 nitrogen and oxygen atoms in total. The van der Waals surface area contributed by atoms with Gasteiger partial charge >= 0.3 is 0 Å². The zero-order valence-electron chi connectivity index (χ0n) is 17.4. The maximum atomic E-state index is 3.83. The summed E-state index contributed by atoms with van der Waals surface area (Å²) in [6.07, 6.45) is 16.5. The third-order valence-electron chi connectivity index (χ3n) is 5.17. The minimum Gasteiger partial charge on any atom is -0.297 e. The molecular weight excluding hydrogens is 340 g/mol. The van der Waals surface area contributed by atoms with E-state index in [9.17, 15) is 0 Å². The van der Waals surface area contributed by atoms with Gasteiger partial charge in [-0.2, -0.15) is 0 Å². The minimum atomic E-state index is 0.251. The first-order valence-corrected chi connectivity index (χ1v) is 10.1. The topological polar surface area (TPSA) is 6.48 Å². The largest absolute Gasteiger partial charge is 0.297 e. The molecule has 1 fully saturated rings. The first-order chi connectivity index (χ1) is 13.7. The second kappa shape index (κ2) is 12.1. The van der Waals surface area contributed by atoms with Crippen molar-refractivity contribution in [2.24, 2.45) is 0 Å². The van der Waals surface area contributed by atoms with Crippen LogP contribution in [0.1, 0.15) is 19.4 Å². The van der Waals surface area contributed by atoms with Gasteiger partial charge in [-0.15, -0.1) is 0 Å². The van der Waals surface area contributed by atoms with E-state index in [0.29, 0.717) is 0 Å². The number of hydrogen-bond acceptors (Lipinski definition) is 2. The second-order valence-corrected chi connectivity index (χ2v) is 6.97. The monoisotopic (exact) mass is 374 g/mol. The SMILES string of the molecule is C=C/C=C\C(=C/C)C(C(/C=C\C=C)=C/C)N1CCN(Cc2ccccc2)CC1.